The van der Waals surface area contributed by atoms with Gasteiger partial charge in [0.2, 0.25) is 11.8 Å². The van der Waals surface area contributed by atoms with E-state index in [2.05, 4.69) is 5.32 Å². The molecule has 37 heavy (non-hydrogen) atoms. The molecule has 0 radical (unpaired) electrons. The Kier molecular flexibility index (Phi) is 9.52. The van der Waals surface area contributed by atoms with Crippen molar-refractivity contribution in [2.45, 2.75) is 63.8 Å². The van der Waals surface area contributed by atoms with E-state index in [1.165, 1.54) is 12.0 Å². The standard InChI is InChI=1S/C28H37N3O6/c1-5-28(2,29)27(34)30-21(16-20-13-14-23(35-3)24(17-20)36-4)25(32)31-15-9-12-22(31)26(33)37-18-19-10-7-6-8-11-19/h6-8,10-11,13-14,17,21-22H,5,9,12,15-16,18,29H2,1-4H3,(H,30,34)/t21-,22+,28-/m0/s1. The van der Waals surface area contributed by atoms with Gasteiger partial charge in [0.15, 0.2) is 11.5 Å². The zero-order valence-corrected chi connectivity index (χ0v) is 22.0. The van der Waals surface area contributed by atoms with E-state index in [-0.39, 0.29) is 18.9 Å². The monoisotopic (exact) mass is 511 g/mol. The van der Waals surface area contributed by atoms with Crippen LogP contribution in [0.4, 0.5) is 0 Å². The molecule has 3 atom stereocenters. The summed E-state index contributed by atoms with van der Waals surface area (Å²) in [6, 6.07) is 13.1. The number of carbonyl (C=O) groups excluding carboxylic acids is 3. The van der Waals surface area contributed by atoms with Crippen molar-refractivity contribution in [3.63, 3.8) is 0 Å². The number of ether oxygens (including phenoxy) is 3. The predicted molar refractivity (Wildman–Crippen MR) is 139 cm³/mol. The molecule has 200 valence electrons. The molecule has 2 aromatic carbocycles. The summed E-state index contributed by atoms with van der Waals surface area (Å²) in [4.78, 5) is 41.2. The minimum atomic E-state index is -1.14. The molecule has 1 aliphatic heterocycles. The first-order valence-electron chi connectivity index (χ1n) is 12.5. The van der Waals surface area contributed by atoms with Gasteiger partial charge >= 0.3 is 5.97 Å². The van der Waals surface area contributed by atoms with E-state index in [9.17, 15) is 14.4 Å². The second-order valence-electron chi connectivity index (χ2n) is 9.47. The van der Waals surface area contributed by atoms with E-state index in [1.54, 1.807) is 26.2 Å². The van der Waals surface area contributed by atoms with Gasteiger partial charge in [0.25, 0.3) is 0 Å². The maximum absolute atomic E-state index is 13.8. The van der Waals surface area contributed by atoms with Gasteiger partial charge in [-0.1, -0.05) is 43.3 Å². The molecule has 0 saturated carbocycles. The molecule has 9 nitrogen and oxygen atoms in total. The van der Waals surface area contributed by atoms with Crippen LogP contribution in [-0.2, 0) is 32.1 Å². The van der Waals surface area contributed by atoms with E-state index in [0.717, 1.165) is 11.1 Å². The average molecular weight is 512 g/mol. The molecular formula is C28H37N3O6. The van der Waals surface area contributed by atoms with E-state index < -0.39 is 29.5 Å². The molecule has 0 aliphatic carbocycles. The average Bonchev–Trinajstić information content (AvgIpc) is 3.41. The van der Waals surface area contributed by atoms with Crippen molar-refractivity contribution in [3.05, 3.63) is 59.7 Å². The highest BCUT2D eigenvalue weighted by Gasteiger charge is 2.40. The first kappa shape index (κ1) is 28.0. The summed E-state index contributed by atoms with van der Waals surface area (Å²) in [5.74, 6) is -0.175. The number of amides is 2. The van der Waals surface area contributed by atoms with Gasteiger partial charge in [-0.15, -0.1) is 0 Å². The van der Waals surface area contributed by atoms with Crippen molar-refractivity contribution in [1.29, 1.82) is 0 Å². The summed E-state index contributed by atoms with van der Waals surface area (Å²) in [5.41, 5.74) is 6.64. The lowest BCUT2D eigenvalue weighted by atomic mass is 9.97. The number of nitrogens with zero attached hydrogens (tertiary/aromatic N) is 1. The van der Waals surface area contributed by atoms with Crippen LogP contribution in [0.1, 0.15) is 44.2 Å². The molecule has 3 N–H and O–H groups in total. The Labute approximate surface area is 218 Å². The summed E-state index contributed by atoms with van der Waals surface area (Å²) in [5, 5.41) is 2.84. The van der Waals surface area contributed by atoms with Crippen molar-refractivity contribution in [2.75, 3.05) is 20.8 Å². The van der Waals surface area contributed by atoms with Crippen LogP contribution >= 0.6 is 0 Å². The molecule has 0 aromatic heterocycles. The molecule has 2 aromatic rings. The molecule has 0 unspecified atom stereocenters. The molecule has 1 fully saturated rings. The van der Waals surface area contributed by atoms with Crippen LogP contribution in [0.3, 0.4) is 0 Å². The van der Waals surface area contributed by atoms with Gasteiger partial charge in [0.05, 0.1) is 19.8 Å². The summed E-state index contributed by atoms with van der Waals surface area (Å²) in [6.07, 6.45) is 1.75. The second-order valence-corrected chi connectivity index (χ2v) is 9.47. The van der Waals surface area contributed by atoms with Crippen LogP contribution in [0.5, 0.6) is 11.5 Å². The fourth-order valence-corrected chi connectivity index (χ4v) is 4.23. The highest BCUT2D eigenvalue weighted by Crippen LogP contribution is 2.29. The largest absolute Gasteiger partial charge is 0.493 e. The number of carbonyl (C=O) groups is 3. The Morgan fingerprint density at radius 3 is 2.43 bits per heavy atom. The lowest BCUT2D eigenvalue weighted by Crippen LogP contribution is -2.59. The third kappa shape index (κ3) is 7.01. The minimum Gasteiger partial charge on any atom is -0.493 e. The molecule has 2 amide bonds. The van der Waals surface area contributed by atoms with Crippen LogP contribution in [0.25, 0.3) is 0 Å². The predicted octanol–water partition coefficient (Wildman–Crippen LogP) is 2.59. The van der Waals surface area contributed by atoms with Gasteiger partial charge in [0.1, 0.15) is 18.7 Å². The Hall–Kier alpha value is -3.59. The van der Waals surface area contributed by atoms with Gasteiger partial charge in [-0.05, 0) is 49.4 Å². The van der Waals surface area contributed by atoms with Crippen LogP contribution in [-0.4, -0.2) is 61.1 Å². The van der Waals surface area contributed by atoms with Gasteiger partial charge in [-0.2, -0.15) is 0 Å². The minimum absolute atomic E-state index is 0.131. The normalized spacial score (nSPS) is 17.4. The number of likely N-dealkylation sites (tertiary alicyclic amines) is 1. The van der Waals surface area contributed by atoms with Crippen molar-refractivity contribution >= 4 is 17.8 Å². The molecular weight excluding hydrogens is 474 g/mol. The lowest BCUT2D eigenvalue weighted by Gasteiger charge is -2.31. The summed E-state index contributed by atoms with van der Waals surface area (Å²) < 4.78 is 16.2. The number of hydrogen-bond donors (Lipinski definition) is 2. The van der Waals surface area contributed by atoms with Gasteiger partial charge in [0, 0.05) is 13.0 Å². The Morgan fingerprint density at radius 2 is 1.78 bits per heavy atom. The molecule has 0 bridgehead atoms. The number of esters is 1. The maximum atomic E-state index is 13.8. The Morgan fingerprint density at radius 1 is 1.08 bits per heavy atom. The molecule has 1 aliphatic rings. The lowest BCUT2D eigenvalue weighted by molar-refractivity contribution is -0.155. The number of methoxy groups -OCH3 is 2. The number of hydrogen-bond acceptors (Lipinski definition) is 7. The second kappa shape index (κ2) is 12.6. The number of rotatable bonds is 11. The van der Waals surface area contributed by atoms with Crippen molar-refractivity contribution < 1.29 is 28.6 Å². The highest BCUT2D eigenvalue weighted by molar-refractivity contribution is 5.93. The zero-order valence-electron chi connectivity index (χ0n) is 22.0. The summed E-state index contributed by atoms with van der Waals surface area (Å²) in [7, 11) is 3.07. The fraction of sp³-hybridized carbons (Fsp3) is 0.464. The van der Waals surface area contributed by atoms with Gasteiger partial charge in [-0.3, -0.25) is 9.59 Å². The Balaban J connectivity index is 1.80. The van der Waals surface area contributed by atoms with E-state index in [4.69, 9.17) is 19.9 Å². The summed E-state index contributed by atoms with van der Waals surface area (Å²) in [6.45, 7) is 3.96. The van der Waals surface area contributed by atoms with E-state index in [0.29, 0.717) is 37.3 Å². The number of benzene rings is 2. The highest BCUT2D eigenvalue weighted by atomic mass is 16.5. The third-order valence-corrected chi connectivity index (χ3v) is 6.78. The molecule has 9 heteroatoms. The number of nitrogens with two attached hydrogens (primary N) is 1. The van der Waals surface area contributed by atoms with Gasteiger partial charge in [-0.25, -0.2) is 4.79 Å². The van der Waals surface area contributed by atoms with Crippen molar-refractivity contribution in [3.8, 4) is 11.5 Å². The van der Waals surface area contributed by atoms with E-state index >= 15 is 0 Å². The fourth-order valence-electron chi connectivity index (χ4n) is 4.23. The summed E-state index contributed by atoms with van der Waals surface area (Å²) >= 11 is 0. The number of nitrogens with one attached hydrogen (secondary N) is 1. The first-order valence-corrected chi connectivity index (χ1v) is 12.5. The smallest absolute Gasteiger partial charge is 0.329 e. The Bertz CT molecular complexity index is 1090. The first-order chi connectivity index (χ1) is 17.7. The van der Waals surface area contributed by atoms with Crippen molar-refractivity contribution in [2.24, 2.45) is 5.73 Å². The topological polar surface area (TPSA) is 120 Å². The maximum Gasteiger partial charge on any atom is 0.329 e. The molecule has 1 saturated heterocycles. The molecule has 3 rings (SSSR count). The third-order valence-electron chi connectivity index (χ3n) is 6.78. The molecule has 1 heterocycles. The molecule has 0 spiro atoms. The van der Waals surface area contributed by atoms with Gasteiger partial charge < -0.3 is 30.2 Å². The van der Waals surface area contributed by atoms with Crippen LogP contribution < -0.4 is 20.5 Å². The van der Waals surface area contributed by atoms with Crippen LogP contribution in [0, 0.1) is 0 Å². The quantitative estimate of drug-likeness (QED) is 0.445. The van der Waals surface area contributed by atoms with Crippen LogP contribution in [0.2, 0.25) is 0 Å². The van der Waals surface area contributed by atoms with E-state index in [1.807, 2.05) is 43.3 Å². The zero-order chi connectivity index (χ0) is 27.0. The van der Waals surface area contributed by atoms with Crippen molar-refractivity contribution in [1.82, 2.24) is 10.2 Å². The SMILES string of the molecule is CC[C@](C)(N)C(=O)N[C@@H](Cc1ccc(OC)c(OC)c1)C(=O)N1CCC[C@@H]1C(=O)OCc1ccccc1. The van der Waals surface area contributed by atoms with Crippen LogP contribution in [0.15, 0.2) is 48.5 Å².